The lowest BCUT2D eigenvalue weighted by Gasteiger charge is -2.27. The molecule has 2 aromatic rings. The number of pyridine rings is 1. The second-order valence-electron chi connectivity index (χ2n) is 6.36. The molecular formula is C18H24N+. The first-order valence-electron chi connectivity index (χ1n) is 6.93. The Morgan fingerprint density at radius 1 is 0.895 bits per heavy atom. The average molecular weight is 254 g/mol. The summed E-state index contributed by atoms with van der Waals surface area (Å²) in [7, 11) is 0. The number of hydrogen-bond acceptors (Lipinski definition) is 0. The largest absolute Gasteiger partial charge is 0.195 e. The van der Waals surface area contributed by atoms with Crippen molar-refractivity contribution >= 4 is 0 Å². The Kier molecular flexibility index (Phi) is 3.75. The standard InChI is InChI=1S/C18H24N/c1-14-10-9-13-19(15(14)2)17(18(3,4)5)16-11-7-6-8-12-16/h6-13,17H,1-5H3/q+1. The molecule has 1 unspecified atom stereocenters. The molecule has 100 valence electrons. The highest BCUT2D eigenvalue weighted by atomic mass is 15.0. The van der Waals surface area contributed by atoms with Crippen molar-refractivity contribution in [1.29, 1.82) is 0 Å². The van der Waals surface area contributed by atoms with Crippen LogP contribution in [0.3, 0.4) is 0 Å². The van der Waals surface area contributed by atoms with E-state index in [1.54, 1.807) is 0 Å². The summed E-state index contributed by atoms with van der Waals surface area (Å²) in [5.41, 5.74) is 4.22. The third-order valence-corrected chi connectivity index (χ3v) is 3.76. The van der Waals surface area contributed by atoms with E-state index in [2.05, 4.69) is 87.8 Å². The zero-order valence-electron chi connectivity index (χ0n) is 12.6. The van der Waals surface area contributed by atoms with Crippen molar-refractivity contribution in [2.24, 2.45) is 5.41 Å². The van der Waals surface area contributed by atoms with E-state index in [9.17, 15) is 0 Å². The molecule has 1 aromatic heterocycles. The second kappa shape index (κ2) is 5.16. The van der Waals surface area contributed by atoms with Gasteiger partial charge in [-0.3, -0.25) is 0 Å². The number of aryl methyl sites for hydroxylation is 1. The van der Waals surface area contributed by atoms with Gasteiger partial charge < -0.3 is 0 Å². The van der Waals surface area contributed by atoms with Gasteiger partial charge in [-0.05, 0) is 13.0 Å². The Morgan fingerprint density at radius 3 is 2.11 bits per heavy atom. The predicted octanol–water partition coefficient (Wildman–Crippen LogP) is 4.23. The fourth-order valence-electron chi connectivity index (χ4n) is 2.71. The molecule has 1 nitrogen and oxygen atoms in total. The molecule has 1 heterocycles. The van der Waals surface area contributed by atoms with E-state index >= 15 is 0 Å². The van der Waals surface area contributed by atoms with Crippen LogP contribution in [0.15, 0.2) is 48.7 Å². The summed E-state index contributed by atoms with van der Waals surface area (Å²) in [6, 6.07) is 15.5. The third-order valence-electron chi connectivity index (χ3n) is 3.76. The first-order valence-corrected chi connectivity index (χ1v) is 6.93. The summed E-state index contributed by atoms with van der Waals surface area (Å²) in [6.07, 6.45) is 2.20. The lowest BCUT2D eigenvalue weighted by atomic mass is 9.81. The molecule has 0 spiro atoms. The molecule has 0 fully saturated rings. The Morgan fingerprint density at radius 2 is 1.53 bits per heavy atom. The van der Waals surface area contributed by atoms with Crippen LogP contribution in [0.4, 0.5) is 0 Å². The molecule has 1 atom stereocenters. The molecule has 0 aliphatic rings. The van der Waals surface area contributed by atoms with Crippen molar-refractivity contribution in [2.45, 2.75) is 40.7 Å². The molecule has 0 saturated heterocycles. The van der Waals surface area contributed by atoms with E-state index in [0.29, 0.717) is 6.04 Å². The van der Waals surface area contributed by atoms with Gasteiger partial charge in [0.2, 0.25) is 0 Å². The molecular weight excluding hydrogens is 230 g/mol. The quantitative estimate of drug-likeness (QED) is 0.706. The van der Waals surface area contributed by atoms with E-state index in [-0.39, 0.29) is 5.41 Å². The summed E-state index contributed by atoms with van der Waals surface area (Å²) in [5, 5.41) is 0. The fraction of sp³-hybridized carbons (Fsp3) is 0.389. The van der Waals surface area contributed by atoms with Crippen molar-refractivity contribution in [3.63, 3.8) is 0 Å². The minimum Gasteiger partial charge on any atom is -0.195 e. The maximum atomic E-state index is 2.41. The van der Waals surface area contributed by atoms with Gasteiger partial charge >= 0.3 is 0 Å². The topological polar surface area (TPSA) is 3.88 Å². The first-order chi connectivity index (χ1) is 8.91. The zero-order chi connectivity index (χ0) is 14.0. The van der Waals surface area contributed by atoms with Crippen LogP contribution in [-0.2, 0) is 0 Å². The van der Waals surface area contributed by atoms with E-state index < -0.39 is 0 Å². The summed E-state index contributed by atoms with van der Waals surface area (Å²) in [5.74, 6) is 0. The summed E-state index contributed by atoms with van der Waals surface area (Å²) in [6.45, 7) is 11.3. The number of rotatable bonds is 2. The van der Waals surface area contributed by atoms with Crippen LogP contribution in [-0.4, -0.2) is 0 Å². The summed E-state index contributed by atoms with van der Waals surface area (Å²) < 4.78 is 2.41. The lowest BCUT2D eigenvalue weighted by Crippen LogP contribution is -2.49. The number of nitrogens with zero attached hydrogens (tertiary/aromatic N) is 1. The van der Waals surface area contributed by atoms with Crippen LogP contribution < -0.4 is 4.57 Å². The molecule has 19 heavy (non-hydrogen) atoms. The molecule has 0 radical (unpaired) electrons. The second-order valence-corrected chi connectivity index (χ2v) is 6.36. The maximum absolute atomic E-state index is 2.41. The van der Waals surface area contributed by atoms with E-state index in [1.165, 1.54) is 16.8 Å². The van der Waals surface area contributed by atoms with Crippen LogP contribution in [0.2, 0.25) is 0 Å². The lowest BCUT2D eigenvalue weighted by molar-refractivity contribution is -0.731. The Labute approximate surface area is 116 Å². The Bertz CT molecular complexity index is 550. The van der Waals surface area contributed by atoms with Gasteiger partial charge in [-0.2, -0.15) is 4.57 Å². The molecule has 1 aromatic carbocycles. The zero-order valence-corrected chi connectivity index (χ0v) is 12.6. The minimum absolute atomic E-state index is 0.171. The molecule has 0 aliphatic heterocycles. The highest BCUT2D eigenvalue weighted by Crippen LogP contribution is 2.32. The molecule has 0 saturated carbocycles. The number of hydrogen-bond donors (Lipinski definition) is 0. The van der Waals surface area contributed by atoms with Crippen molar-refractivity contribution in [3.8, 4) is 0 Å². The molecule has 0 bridgehead atoms. The van der Waals surface area contributed by atoms with Crippen LogP contribution >= 0.6 is 0 Å². The van der Waals surface area contributed by atoms with Crippen LogP contribution in [0, 0.1) is 19.3 Å². The van der Waals surface area contributed by atoms with Crippen molar-refractivity contribution in [1.82, 2.24) is 0 Å². The fourth-order valence-corrected chi connectivity index (χ4v) is 2.71. The highest BCUT2D eigenvalue weighted by molar-refractivity contribution is 5.20. The Balaban J connectivity index is 2.60. The number of aromatic nitrogens is 1. The van der Waals surface area contributed by atoms with Gasteiger partial charge in [0.1, 0.15) is 0 Å². The number of benzene rings is 1. The van der Waals surface area contributed by atoms with Crippen molar-refractivity contribution in [3.05, 3.63) is 65.5 Å². The summed E-state index contributed by atoms with van der Waals surface area (Å²) >= 11 is 0. The van der Waals surface area contributed by atoms with Gasteiger partial charge in [0, 0.05) is 29.5 Å². The van der Waals surface area contributed by atoms with E-state index in [1.807, 2.05) is 0 Å². The maximum Gasteiger partial charge on any atom is 0.188 e. The van der Waals surface area contributed by atoms with E-state index in [4.69, 9.17) is 0 Å². The Hall–Kier alpha value is -1.63. The van der Waals surface area contributed by atoms with Crippen LogP contribution in [0.5, 0.6) is 0 Å². The van der Waals surface area contributed by atoms with E-state index in [0.717, 1.165) is 0 Å². The normalized spacial score (nSPS) is 13.3. The molecule has 0 amide bonds. The predicted molar refractivity (Wildman–Crippen MR) is 80.1 cm³/mol. The van der Waals surface area contributed by atoms with Gasteiger partial charge in [-0.25, -0.2) is 0 Å². The molecule has 0 N–H and O–H groups in total. The van der Waals surface area contributed by atoms with Crippen LogP contribution in [0.25, 0.3) is 0 Å². The summed E-state index contributed by atoms with van der Waals surface area (Å²) in [4.78, 5) is 0. The van der Waals surface area contributed by atoms with Gasteiger partial charge in [0.25, 0.3) is 0 Å². The monoisotopic (exact) mass is 254 g/mol. The molecule has 1 heteroatoms. The SMILES string of the molecule is Cc1ccc[n+](C(c2ccccc2)C(C)(C)C)c1C. The van der Waals surface area contributed by atoms with Crippen molar-refractivity contribution < 1.29 is 4.57 Å². The van der Waals surface area contributed by atoms with Gasteiger partial charge in [-0.15, -0.1) is 0 Å². The smallest absolute Gasteiger partial charge is 0.188 e. The first kappa shape index (κ1) is 13.8. The van der Waals surface area contributed by atoms with Gasteiger partial charge in [-0.1, -0.05) is 51.1 Å². The molecule has 0 aliphatic carbocycles. The van der Waals surface area contributed by atoms with Gasteiger partial charge in [0.15, 0.2) is 17.9 Å². The van der Waals surface area contributed by atoms with Gasteiger partial charge in [0.05, 0.1) is 0 Å². The molecule has 2 rings (SSSR count). The van der Waals surface area contributed by atoms with Crippen LogP contribution in [0.1, 0.15) is 43.6 Å². The van der Waals surface area contributed by atoms with Crippen molar-refractivity contribution in [2.75, 3.05) is 0 Å². The highest BCUT2D eigenvalue weighted by Gasteiger charge is 2.35. The third kappa shape index (κ3) is 2.86. The average Bonchev–Trinajstić information content (AvgIpc) is 2.35. The minimum atomic E-state index is 0.171.